The molecule has 0 bridgehead atoms. The first-order chi connectivity index (χ1) is 8.65. The highest BCUT2D eigenvalue weighted by molar-refractivity contribution is 7.99. The van der Waals surface area contributed by atoms with Gasteiger partial charge in [-0.1, -0.05) is 0 Å². The van der Waals surface area contributed by atoms with E-state index < -0.39 is 6.04 Å². The normalized spacial score (nSPS) is 19.8. The molecule has 1 aromatic rings. The van der Waals surface area contributed by atoms with E-state index in [2.05, 4.69) is 10.6 Å². The SMILES string of the molecule is O=C1CCSC[C@@H](C(=O)Nc2ccc(F)cc2)N1. The predicted molar refractivity (Wildman–Crippen MR) is 68.9 cm³/mol. The second-order valence-corrected chi connectivity index (χ2v) is 5.09. The van der Waals surface area contributed by atoms with Gasteiger partial charge < -0.3 is 10.6 Å². The number of benzene rings is 1. The van der Waals surface area contributed by atoms with Crippen molar-refractivity contribution in [1.82, 2.24) is 5.32 Å². The van der Waals surface area contributed by atoms with E-state index in [1.54, 1.807) is 11.8 Å². The van der Waals surface area contributed by atoms with Crippen LogP contribution < -0.4 is 10.6 Å². The minimum atomic E-state index is -0.532. The number of hydrogen-bond donors (Lipinski definition) is 2. The summed E-state index contributed by atoms with van der Waals surface area (Å²) < 4.78 is 12.7. The Morgan fingerprint density at radius 3 is 2.83 bits per heavy atom. The van der Waals surface area contributed by atoms with Gasteiger partial charge in [0.2, 0.25) is 11.8 Å². The molecule has 1 aliphatic rings. The fraction of sp³-hybridized carbons (Fsp3) is 0.333. The lowest BCUT2D eigenvalue weighted by atomic mass is 10.2. The number of nitrogens with one attached hydrogen (secondary N) is 2. The number of anilines is 1. The first-order valence-corrected chi connectivity index (χ1v) is 6.74. The van der Waals surface area contributed by atoms with Crippen LogP contribution in [0.3, 0.4) is 0 Å². The summed E-state index contributed by atoms with van der Waals surface area (Å²) in [4.78, 5) is 23.3. The molecule has 1 heterocycles. The molecule has 1 saturated heterocycles. The Hall–Kier alpha value is -1.56. The quantitative estimate of drug-likeness (QED) is 0.852. The van der Waals surface area contributed by atoms with Crippen molar-refractivity contribution >= 4 is 29.3 Å². The first-order valence-electron chi connectivity index (χ1n) is 5.59. The molecule has 1 atom stereocenters. The van der Waals surface area contributed by atoms with Crippen molar-refractivity contribution in [2.45, 2.75) is 12.5 Å². The van der Waals surface area contributed by atoms with Gasteiger partial charge in [0.25, 0.3) is 0 Å². The van der Waals surface area contributed by atoms with E-state index in [-0.39, 0.29) is 17.6 Å². The maximum absolute atomic E-state index is 12.7. The van der Waals surface area contributed by atoms with Gasteiger partial charge >= 0.3 is 0 Å². The molecule has 2 rings (SSSR count). The predicted octanol–water partition coefficient (Wildman–Crippen LogP) is 1.39. The third-order valence-electron chi connectivity index (χ3n) is 2.52. The molecule has 0 radical (unpaired) electrons. The number of carbonyl (C=O) groups excluding carboxylic acids is 2. The lowest BCUT2D eigenvalue weighted by Gasteiger charge is -2.15. The van der Waals surface area contributed by atoms with Crippen LogP contribution in [-0.4, -0.2) is 29.4 Å². The Kier molecular flexibility index (Phi) is 4.19. The van der Waals surface area contributed by atoms with Gasteiger partial charge in [-0.05, 0) is 24.3 Å². The lowest BCUT2D eigenvalue weighted by Crippen LogP contribution is -2.44. The lowest BCUT2D eigenvalue weighted by molar-refractivity contribution is -0.125. The summed E-state index contributed by atoms with van der Waals surface area (Å²) in [5.41, 5.74) is 0.518. The molecule has 0 aromatic heterocycles. The average Bonchev–Trinajstić information content (AvgIpc) is 2.57. The van der Waals surface area contributed by atoms with Gasteiger partial charge in [-0.25, -0.2) is 4.39 Å². The summed E-state index contributed by atoms with van der Waals surface area (Å²) in [6.07, 6.45) is 0.436. The van der Waals surface area contributed by atoms with Crippen LogP contribution in [0, 0.1) is 5.82 Å². The maximum atomic E-state index is 12.7. The van der Waals surface area contributed by atoms with Crippen molar-refractivity contribution in [3.8, 4) is 0 Å². The second-order valence-electron chi connectivity index (χ2n) is 3.94. The van der Waals surface area contributed by atoms with E-state index in [0.717, 1.165) is 5.75 Å². The summed E-state index contributed by atoms with van der Waals surface area (Å²) in [7, 11) is 0. The minimum absolute atomic E-state index is 0.112. The molecule has 4 nitrogen and oxygen atoms in total. The van der Waals surface area contributed by atoms with Gasteiger partial charge in [0.15, 0.2) is 0 Å². The van der Waals surface area contributed by atoms with Gasteiger partial charge in [0.05, 0.1) is 0 Å². The van der Waals surface area contributed by atoms with E-state index in [4.69, 9.17) is 0 Å². The molecular formula is C12H13FN2O2S. The van der Waals surface area contributed by atoms with Crippen LogP contribution >= 0.6 is 11.8 Å². The molecular weight excluding hydrogens is 255 g/mol. The minimum Gasteiger partial charge on any atom is -0.343 e. The van der Waals surface area contributed by atoms with Gasteiger partial charge in [0, 0.05) is 23.6 Å². The van der Waals surface area contributed by atoms with Gasteiger partial charge in [-0.15, -0.1) is 0 Å². The second kappa shape index (κ2) is 5.86. The third-order valence-corrected chi connectivity index (χ3v) is 3.58. The molecule has 0 saturated carbocycles. The highest BCUT2D eigenvalue weighted by Crippen LogP contribution is 2.13. The molecule has 1 fully saturated rings. The van der Waals surface area contributed by atoms with Crippen molar-refractivity contribution in [3.05, 3.63) is 30.1 Å². The Morgan fingerprint density at radius 1 is 1.39 bits per heavy atom. The van der Waals surface area contributed by atoms with Crippen LogP contribution in [0.25, 0.3) is 0 Å². The molecule has 0 aliphatic carbocycles. The van der Waals surface area contributed by atoms with Crippen molar-refractivity contribution < 1.29 is 14.0 Å². The zero-order valence-electron chi connectivity index (χ0n) is 9.61. The monoisotopic (exact) mass is 268 g/mol. The fourth-order valence-corrected chi connectivity index (χ4v) is 2.54. The number of carbonyl (C=O) groups is 2. The summed E-state index contributed by atoms with van der Waals surface area (Å²) >= 11 is 1.56. The highest BCUT2D eigenvalue weighted by atomic mass is 32.2. The average molecular weight is 268 g/mol. The molecule has 96 valence electrons. The molecule has 18 heavy (non-hydrogen) atoms. The van der Waals surface area contributed by atoms with Gasteiger partial charge in [-0.3, -0.25) is 9.59 Å². The molecule has 0 unspecified atom stereocenters. The Morgan fingerprint density at radius 2 is 2.11 bits per heavy atom. The van der Waals surface area contributed by atoms with Crippen molar-refractivity contribution in [3.63, 3.8) is 0 Å². The van der Waals surface area contributed by atoms with E-state index in [9.17, 15) is 14.0 Å². The highest BCUT2D eigenvalue weighted by Gasteiger charge is 2.23. The topological polar surface area (TPSA) is 58.2 Å². The number of rotatable bonds is 2. The first kappa shape index (κ1) is 12.9. The Balaban J connectivity index is 1.98. The number of halogens is 1. The third kappa shape index (κ3) is 3.46. The summed E-state index contributed by atoms with van der Waals surface area (Å²) in [6, 6.07) is 4.99. The molecule has 2 amide bonds. The van der Waals surface area contributed by atoms with Crippen LogP contribution in [0.4, 0.5) is 10.1 Å². The summed E-state index contributed by atoms with van der Waals surface area (Å²) in [6.45, 7) is 0. The zero-order valence-corrected chi connectivity index (χ0v) is 10.4. The summed E-state index contributed by atoms with van der Waals surface area (Å²) in [5.74, 6) is 0.542. The van der Waals surface area contributed by atoms with Crippen LogP contribution in [0.5, 0.6) is 0 Å². The largest absolute Gasteiger partial charge is 0.343 e. The molecule has 1 aromatic carbocycles. The Bertz CT molecular complexity index is 450. The van der Waals surface area contributed by atoms with E-state index in [0.29, 0.717) is 17.9 Å². The zero-order chi connectivity index (χ0) is 13.0. The summed E-state index contributed by atoms with van der Waals surface area (Å²) in [5, 5.41) is 5.32. The van der Waals surface area contributed by atoms with E-state index in [1.165, 1.54) is 24.3 Å². The van der Waals surface area contributed by atoms with Crippen molar-refractivity contribution in [1.29, 1.82) is 0 Å². The molecule has 0 spiro atoms. The standard InChI is InChI=1S/C12H13FN2O2S/c13-8-1-3-9(4-2-8)14-12(17)10-7-18-6-5-11(16)15-10/h1-4,10H,5-7H2,(H,14,17)(H,15,16)/t10-/m0/s1. The van der Waals surface area contributed by atoms with Crippen LogP contribution in [0.15, 0.2) is 24.3 Å². The van der Waals surface area contributed by atoms with E-state index in [1.807, 2.05) is 0 Å². The van der Waals surface area contributed by atoms with Crippen LogP contribution in [0.1, 0.15) is 6.42 Å². The van der Waals surface area contributed by atoms with E-state index >= 15 is 0 Å². The van der Waals surface area contributed by atoms with Gasteiger partial charge in [-0.2, -0.15) is 11.8 Å². The fourth-order valence-electron chi connectivity index (χ4n) is 1.58. The molecule has 1 aliphatic heterocycles. The van der Waals surface area contributed by atoms with Crippen molar-refractivity contribution in [2.24, 2.45) is 0 Å². The maximum Gasteiger partial charge on any atom is 0.247 e. The number of hydrogen-bond acceptors (Lipinski definition) is 3. The number of thioether (sulfide) groups is 1. The van der Waals surface area contributed by atoms with Crippen LogP contribution in [0.2, 0.25) is 0 Å². The number of amides is 2. The Labute approximate surface area is 108 Å². The van der Waals surface area contributed by atoms with Crippen LogP contribution in [-0.2, 0) is 9.59 Å². The molecule has 6 heteroatoms. The molecule has 2 N–H and O–H groups in total. The van der Waals surface area contributed by atoms with Crippen molar-refractivity contribution in [2.75, 3.05) is 16.8 Å². The smallest absolute Gasteiger partial charge is 0.247 e. The van der Waals surface area contributed by atoms with Gasteiger partial charge in [0.1, 0.15) is 11.9 Å².